The van der Waals surface area contributed by atoms with Gasteiger partial charge in [-0.3, -0.25) is 0 Å². The Morgan fingerprint density at radius 2 is 2.17 bits per heavy atom. The first-order valence-corrected chi connectivity index (χ1v) is 7.22. The van der Waals surface area contributed by atoms with Crippen molar-refractivity contribution in [2.45, 2.75) is 52.6 Å². The zero-order valence-electron chi connectivity index (χ0n) is 11.9. The van der Waals surface area contributed by atoms with Crippen molar-refractivity contribution in [1.29, 1.82) is 0 Å². The van der Waals surface area contributed by atoms with E-state index in [4.69, 9.17) is 10.7 Å². The SMILES string of the molecule is CCCCn1cc(CC)nc1N1CC(C)C(N)C1. The fourth-order valence-corrected chi connectivity index (χ4v) is 2.53. The molecule has 1 aromatic heterocycles. The van der Waals surface area contributed by atoms with Crippen LogP contribution >= 0.6 is 0 Å². The van der Waals surface area contributed by atoms with Gasteiger partial charge in [-0.05, 0) is 18.8 Å². The number of imidazole rings is 1. The smallest absolute Gasteiger partial charge is 0.205 e. The molecular formula is C14H26N4. The lowest BCUT2D eigenvalue weighted by molar-refractivity contribution is 0.565. The molecule has 2 rings (SSSR count). The third-order valence-electron chi connectivity index (χ3n) is 3.87. The summed E-state index contributed by atoms with van der Waals surface area (Å²) in [6, 6.07) is 0.284. The van der Waals surface area contributed by atoms with E-state index in [0.717, 1.165) is 32.0 Å². The van der Waals surface area contributed by atoms with Crippen LogP contribution < -0.4 is 10.6 Å². The highest BCUT2D eigenvalue weighted by Crippen LogP contribution is 2.23. The fraction of sp³-hybridized carbons (Fsp3) is 0.786. The number of hydrogen-bond donors (Lipinski definition) is 1. The average molecular weight is 250 g/mol. The molecule has 1 fully saturated rings. The molecular weight excluding hydrogens is 224 g/mol. The molecule has 1 aliphatic heterocycles. The Labute approximate surface area is 110 Å². The molecule has 102 valence electrons. The number of aryl methyl sites for hydroxylation is 2. The molecule has 1 saturated heterocycles. The van der Waals surface area contributed by atoms with E-state index in [9.17, 15) is 0 Å². The molecule has 0 radical (unpaired) electrons. The summed E-state index contributed by atoms with van der Waals surface area (Å²) >= 11 is 0. The first-order valence-electron chi connectivity index (χ1n) is 7.22. The fourth-order valence-electron chi connectivity index (χ4n) is 2.53. The molecule has 0 spiro atoms. The van der Waals surface area contributed by atoms with Gasteiger partial charge >= 0.3 is 0 Å². The number of nitrogens with two attached hydrogens (primary N) is 1. The summed E-state index contributed by atoms with van der Waals surface area (Å²) in [5.74, 6) is 1.69. The van der Waals surface area contributed by atoms with Crippen molar-refractivity contribution in [3.05, 3.63) is 11.9 Å². The van der Waals surface area contributed by atoms with Gasteiger partial charge in [0.05, 0.1) is 5.69 Å². The summed E-state index contributed by atoms with van der Waals surface area (Å²) in [7, 11) is 0. The summed E-state index contributed by atoms with van der Waals surface area (Å²) in [5, 5.41) is 0. The average Bonchev–Trinajstić information content (AvgIpc) is 2.91. The zero-order chi connectivity index (χ0) is 13.1. The van der Waals surface area contributed by atoms with Crippen molar-refractivity contribution in [3.63, 3.8) is 0 Å². The van der Waals surface area contributed by atoms with Gasteiger partial charge in [0.25, 0.3) is 0 Å². The van der Waals surface area contributed by atoms with Crippen molar-refractivity contribution in [2.75, 3.05) is 18.0 Å². The number of anilines is 1. The minimum Gasteiger partial charge on any atom is -0.340 e. The van der Waals surface area contributed by atoms with E-state index in [1.54, 1.807) is 0 Å². The van der Waals surface area contributed by atoms with Crippen LogP contribution in [0.15, 0.2) is 6.20 Å². The van der Waals surface area contributed by atoms with E-state index in [0.29, 0.717) is 5.92 Å². The largest absolute Gasteiger partial charge is 0.340 e. The van der Waals surface area contributed by atoms with Crippen molar-refractivity contribution < 1.29 is 0 Å². The maximum Gasteiger partial charge on any atom is 0.205 e. The summed E-state index contributed by atoms with van der Waals surface area (Å²) in [4.78, 5) is 7.12. The van der Waals surface area contributed by atoms with Gasteiger partial charge in [-0.25, -0.2) is 4.98 Å². The molecule has 0 aromatic carbocycles. The number of hydrogen-bond acceptors (Lipinski definition) is 3. The zero-order valence-corrected chi connectivity index (χ0v) is 11.9. The molecule has 1 aromatic rings. The van der Waals surface area contributed by atoms with E-state index >= 15 is 0 Å². The molecule has 2 atom stereocenters. The van der Waals surface area contributed by atoms with E-state index in [1.807, 2.05) is 0 Å². The third-order valence-corrected chi connectivity index (χ3v) is 3.87. The topological polar surface area (TPSA) is 47.1 Å². The first kappa shape index (κ1) is 13.4. The minimum absolute atomic E-state index is 0.284. The lowest BCUT2D eigenvalue weighted by Crippen LogP contribution is -2.29. The van der Waals surface area contributed by atoms with Gasteiger partial charge in [0.2, 0.25) is 5.95 Å². The first-order chi connectivity index (χ1) is 8.65. The molecule has 2 N–H and O–H groups in total. The van der Waals surface area contributed by atoms with E-state index in [1.165, 1.54) is 18.5 Å². The van der Waals surface area contributed by atoms with E-state index in [2.05, 4.69) is 36.4 Å². The second-order valence-electron chi connectivity index (χ2n) is 5.48. The second kappa shape index (κ2) is 5.74. The Balaban J connectivity index is 2.17. The molecule has 18 heavy (non-hydrogen) atoms. The molecule has 4 nitrogen and oxygen atoms in total. The van der Waals surface area contributed by atoms with Crippen LogP contribution in [0.2, 0.25) is 0 Å². The molecule has 1 aliphatic rings. The molecule has 2 unspecified atom stereocenters. The van der Waals surface area contributed by atoms with Crippen LogP contribution in [0.4, 0.5) is 5.95 Å². The van der Waals surface area contributed by atoms with Gasteiger partial charge in [-0.2, -0.15) is 0 Å². The summed E-state index contributed by atoms with van der Waals surface area (Å²) in [6.07, 6.45) is 5.64. The highest BCUT2D eigenvalue weighted by molar-refractivity contribution is 5.36. The van der Waals surface area contributed by atoms with Crippen molar-refractivity contribution >= 4 is 5.95 Å². The van der Waals surface area contributed by atoms with Crippen molar-refractivity contribution in [3.8, 4) is 0 Å². The Bertz CT molecular complexity index is 375. The molecule has 0 aliphatic carbocycles. The normalized spacial score (nSPS) is 23.9. The van der Waals surface area contributed by atoms with Gasteiger partial charge in [-0.15, -0.1) is 0 Å². The van der Waals surface area contributed by atoms with Gasteiger partial charge in [-0.1, -0.05) is 27.2 Å². The lowest BCUT2D eigenvalue weighted by Gasteiger charge is -2.18. The Kier molecular flexibility index (Phi) is 4.27. The maximum atomic E-state index is 6.12. The molecule has 4 heteroatoms. The summed E-state index contributed by atoms with van der Waals surface area (Å²) in [5.41, 5.74) is 7.31. The van der Waals surface area contributed by atoms with Crippen LogP contribution in [0.5, 0.6) is 0 Å². The number of unbranched alkanes of at least 4 members (excludes halogenated alkanes) is 1. The molecule has 0 amide bonds. The van der Waals surface area contributed by atoms with Crippen molar-refractivity contribution in [1.82, 2.24) is 9.55 Å². The van der Waals surface area contributed by atoms with Gasteiger partial charge in [0.1, 0.15) is 0 Å². The van der Waals surface area contributed by atoms with E-state index in [-0.39, 0.29) is 6.04 Å². The van der Waals surface area contributed by atoms with Gasteiger partial charge in [0, 0.05) is 31.9 Å². The Morgan fingerprint density at radius 3 is 2.72 bits per heavy atom. The molecule has 0 bridgehead atoms. The molecule has 0 saturated carbocycles. The number of rotatable bonds is 5. The highest BCUT2D eigenvalue weighted by atomic mass is 15.3. The summed E-state index contributed by atoms with van der Waals surface area (Å²) in [6.45, 7) is 9.66. The van der Waals surface area contributed by atoms with Gasteiger partial charge in [0.15, 0.2) is 0 Å². The number of aromatic nitrogens is 2. The monoisotopic (exact) mass is 250 g/mol. The maximum absolute atomic E-state index is 6.12. The van der Waals surface area contributed by atoms with Crippen LogP contribution in [0.25, 0.3) is 0 Å². The minimum atomic E-state index is 0.284. The van der Waals surface area contributed by atoms with Crippen LogP contribution in [0.3, 0.4) is 0 Å². The van der Waals surface area contributed by atoms with E-state index < -0.39 is 0 Å². The lowest BCUT2D eigenvalue weighted by atomic mass is 10.1. The third kappa shape index (κ3) is 2.69. The predicted molar refractivity (Wildman–Crippen MR) is 75.9 cm³/mol. The van der Waals surface area contributed by atoms with Crippen LogP contribution in [0, 0.1) is 5.92 Å². The number of nitrogens with zero attached hydrogens (tertiary/aromatic N) is 3. The Hall–Kier alpha value is -1.03. The van der Waals surface area contributed by atoms with Crippen LogP contribution in [-0.4, -0.2) is 28.7 Å². The quantitative estimate of drug-likeness (QED) is 0.870. The van der Waals surface area contributed by atoms with Crippen LogP contribution in [-0.2, 0) is 13.0 Å². The molecule has 2 heterocycles. The van der Waals surface area contributed by atoms with Gasteiger partial charge < -0.3 is 15.2 Å². The second-order valence-corrected chi connectivity index (χ2v) is 5.48. The standard InChI is InChI=1S/C14H26N4/c1-4-6-7-17-9-12(5-2)16-14(17)18-8-11(3)13(15)10-18/h9,11,13H,4-8,10,15H2,1-3H3. The Morgan fingerprint density at radius 1 is 1.39 bits per heavy atom. The summed E-state index contributed by atoms with van der Waals surface area (Å²) < 4.78 is 2.31. The highest BCUT2D eigenvalue weighted by Gasteiger charge is 2.29. The van der Waals surface area contributed by atoms with Crippen LogP contribution in [0.1, 0.15) is 39.3 Å². The van der Waals surface area contributed by atoms with Crippen molar-refractivity contribution in [2.24, 2.45) is 11.7 Å². The predicted octanol–water partition coefficient (Wildman–Crippen LogP) is 2.03.